The van der Waals surface area contributed by atoms with Gasteiger partial charge in [0.15, 0.2) is 0 Å². The van der Waals surface area contributed by atoms with Gasteiger partial charge in [-0.1, -0.05) is 60.7 Å². The van der Waals surface area contributed by atoms with Crippen molar-refractivity contribution in [2.24, 2.45) is 0 Å². The van der Waals surface area contributed by atoms with Gasteiger partial charge in [-0.2, -0.15) is 21.6 Å². The maximum absolute atomic E-state index is 10.7. The van der Waals surface area contributed by atoms with E-state index in [4.69, 9.17) is 13.0 Å². The molecule has 0 aliphatic carbocycles. The third kappa shape index (κ3) is 8.34. The predicted octanol–water partition coefficient (Wildman–Crippen LogP) is 4.03. The number of halogens is 3. The molecule has 0 aliphatic rings. The lowest BCUT2D eigenvalue weighted by Gasteiger charge is -2.01. The average Bonchev–Trinajstić information content (AvgIpc) is 2.46. The van der Waals surface area contributed by atoms with Crippen LogP contribution in [0.15, 0.2) is 60.7 Å². The highest BCUT2D eigenvalue weighted by molar-refractivity contribution is 7.86. The van der Waals surface area contributed by atoms with Crippen LogP contribution >= 0.6 is 0 Å². The molecule has 0 heterocycles. The fraction of sp³-hybridized carbons (Fsp3) is 0.200. The first-order valence-electron chi connectivity index (χ1n) is 6.32. The summed E-state index contributed by atoms with van der Waals surface area (Å²) < 4.78 is 57.5. The zero-order chi connectivity index (χ0) is 16.6. The summed E-state index contributed by atoms with van der Waals surface area (Å²) in [6, 6.07) is 21.2. The van der Waals surface area contributed by atoms with Gasteiger partial charge in [-0.05, 0) is 24.0 Å². The quantitative estimate of drug-likeness (QED) is 0.647. The molecule has 0 saturated heterocycles. The van der Waals surface area contributed by atoms with Gasteiger partial charge >= 0.3 is 15.6 Å². The highest BCUT2D eigenvalue weighted by Gasteiger charge is 2.44. The van der Waals surface area contributed by atoms with Gasteiger partial charge in [0.25, 0.3) is 0 Å². The van der Waals surface area contributed by atoms with Crippen LogP contribution in [0.5, 0.6) is 0 Å². The van der Waals surface area contributed by atoms with E-state index in [9.17, 15) is 13.2 Å². The van der Waals surface area contributed by atoms with Crippen LogP contribution in [0.1, 0.15) is 11.1 Å². The Morgan fingerprint density at radius 3 is 1.26 bits per heavy atom. The van der Waals surface area contributed by atoms with E-state index in [2.05, 4.69) is 60.7 Å². The van der Waals surface area contributed by atoms with Crippen LogP contribution < -0.4 is 6.15 Å². The lowest BCUT2D eigenvalue weighted by molar-refractivity contribution is -0.0510. The molecule has 0 atom stereocenters. The third-order valence-electron chi connectivity index (χ3n) is 2.68. The largest absolute Gasteiger partial charge is 0.522 e. The standard InChI is InChI=1S/C14H14.CHF3O3S.H3N/c1-3-7-13(8-4-1)11-12-14-9-5-2-6-10-14;2-1(3,4)8(5,6)7;/h1-10H,11-12H2;(H,5,6,7);1H3. The molecule has 4 N–H and O–H groups in total. The summed E-state index contributed by atoms with van der Waals surface area (Å²) in [5, 5.41) is 0. The van der Waals surface area contributed by atoms with Crippen molar-refractivity contribution in [3.05, 3.63) is 71.8 Å². The van der Waals surface area contributed by atoms with E-state index < -0.39 is 15.6 Å². The van der Waals surface area contributed by atoms with Crippen molar-refractivity contribution in [1.29, 1.82) is 0 Å². The number of aryl methyl sites for hydroxylation is 2. The van der Waals surface area contributed by atoms with Crippen LogP contribution in [-0.2, 0) is 23.0 Å². The number of rotatable bonds is 3. The van der Waals surface area contributed by atoms with Gasteiger partial charge < -0.3 is 6.15 Å². The molecule has 2 aromatic rings. The molecule has 2 aromatic carbocycles. The average molecular weight is 349 g/mol. The SMILES string of the molecule is N.O=S(=O)(O)C(F)(F)F.c1ccc(CCc2ccccc2)cc1. The summed E-state index contributed by atoms with van der Waals surface area (Å²) >= 11 is 0. The number of alkyl halides is 3. The topological polar surface area (TPSA) is 89.4 Å². The van der Waals surface area contributed by atoms with Gasteiger partial charge in [0, 0.05) is 0 Å². The number of hydrogen-bond donors (Lipinski definition) is 2. The molecule has 0 amide bonds. The first-order valence-corrected chi connectivity index (χ1v) is 7.76. The first-order chi connectivity index (χ1) is 10.2. The predicted molar refractivity (Wildman–Crippen MR) is 82.9 cm³/mol. The van der Waals surface area contributed by atoms with Crippen molar-refractivity contribution >= 4 is 10.1 Å². The minimum atomic E-state index is -5.84. The molecule has 0 saturated carbocycles. The smallest absolute Gasteiger partial charge is 0.344 e. The Bertz CT molecular complexity index is 620. The summed E-state index contributed by atoms with van der Waals surface area (Å²) in [5.74, 6) is 0. The van der Waals surface area contributed by atoms with E-state index in [0.717, 1.165) is 12.8 Å². The summed E-state index contributed by atoms with van der Waals surface area (Å²) in [6.45, 7) is 0. The summed E-state index contributed by atoms with van der Waals surface area (Å²) in [6.07, 6.45) is 2.26. The van der Waals surface area contributed by atoms with E-state index in [1.807, 2.05) is 0 Å². The van der Waals surface area contributed by atoms with Crippen LogP contribution in [0.2, 0.25) is 0 Å². The molecule has 128 valence electrons. The van der Waals surface area contributed by atoms with Crippen molar-refractivity contribution in [2.45, 2.75) is 18.3 Å². The number of benzene rings is 2. The molecular formula is C15H18F3NO3S. The molecule has 4 nitrogen and oxygen atoms in total. The fourth-order valence-corrected chi connectivity index (χ4v) is 1.58. The Kier molecular flexibility index (Phi) is 8.52. The monoisotopic (exact) mass is 349 g/mol. The van der Waals surface area contributed by atoms with Crippen LogP contribution in [0.25, 0.3) is 0 Å². The molecule has 23 heavy (non-hydrogen) atoms. The molecule has 0 aliphatic heterocycles. The van der Waals surface area contributed by atoms with Crippen molar-refractivity contribution in [3.63, 3.8) is 0 Å². The molecule has 0 aromatic heterocycles. The summed E-state index contributed by atoms with van der Waals surface area (Å²) in [5.41, 5.74) is -2.71. The molecule has 0 fully saturated rings. The maximum atomic E-state index is 10.7. The van der Waals surface area contributed by atoms with Gasteiger partial charge in [0.2, 0.25) is 0 Å². The van der Waals surface area contributed by atoms with E-state index in [-0.39, 0.29) is 6.15 Å². The molecule has 8 heteroatoms. The van der Waals surface area contributed by atoms with Gasteiger partial charge in [0.1, 0.15) is 0 Å². The zero-order valence-electron chi connectivity index (χ0n) is 12.2. The Balaban J connectivity index is 0.000000469. The zero-order valence-corrected chi connectivity index (χ0v) is 13.0. The maximum Gasteiger partial charge on any atom is 0.522 e. The van der Waals surface area contributed by atoms with Gasteiger partial charge in [-0.3, -0.25) is 4.55 Å². The van der Waals surface area contributed by atoms with Crippen molar-refractivity contribution in [3.8, 4) is 0 Å². The van der Waals surface area contributed by atoms with Crippen LogP contribution in [0.3, 0.4) is 0 Å². The molecule has 2 rings (SSSR count). The molecule has 0 bridgehead atoms. The molecule has 0 spiro atoms. The Morgan fingerprint density at radius 2 is 1.04 bits per heavy atom. The van der Waals surface area contributed by atoms with Crippen molar-refractivity contribution < 1.29 is 26.1 Å². The normalized spacial score (nSPS) is 11.0. The lowest BCUT2D eigenvalue weighted by atomic mass is 10.0. The van der Waals surface area contributed by atoms with Gasteiger partial charge in [-0.15, -0.1) is 0 Å². The first kappa shape index (κ1) is 21.1. The lowest BCUT2D eigenvalue weighted by Crippen LogP contribution is -2.21. The fourth-order valence-electron chi connectivity index (χ4n) is 1.58. The van der Waals surface area contributed by atoms with Crippen LogP contribution in [-0.4, -0.2) is 18.5 Å². The second-order valence-corrected chi connectivity index (χ2v) is 5.81. The van der Waals surface area contributed by atoms with E-state index >= 15 is 0 Å². The Hall–Kier alpha value is -1.90. The van der Waals surface area contributed by atoms with Crippen LogP contribution in [0, 0.1) is 0 Å². The second kappa shape index (κ2) is 9.29. The minimum absolute atomic E-state index is 0. The third-order valence-corrected chi connectivity index (χ3v) is 3.27. The molecule has 0 radical (unpaired) electrons. The molecular weight excluding hydrogens is 331 g/mol. The summed E-state index contributed by atoms with van der Waals surface area (Å²) in [7, 11) is -5.84. The highest BCUT2D eigenvalue weighted by atomic mass is 32.2. The Morgan fingerprint density at radius 1 is 0.783 bits per heavy atom. The van der Waals surface area contributed by atoms with Gasteiger partial charge in [-0.25, -0.2) is 0 Å². The van der Waals surface area contributed by atoms with Crippen molar-refractivity contribution in [1.82, 2.24) is 6.15 Å². The van der Waals surface area contributed by atoms with E-state index in [0.29, 0.717) is 0 Å². The van der Waals surface area contributed by atoms with Crippen molar-refractivity contribution in [2.75, 3.05) is 0 Å². The highest BCUT2D eigenvalue weighted by Crippen LogP contribution is 2.20. The minimum Gasteiger partial charge on any atom is -0.344 e. The Labute approximate surface area is 133 Å². The summed E-state index contributed by atoms with van der Waals surface area (Å²) in [4.78, 5) is 0. The number of hydrogen-bond acceptors (Lipinski definition) is 3. The van der Waals surface area contributed by atoms with Crippen LogP contribution in [0.4, 0.5) is 13.2 Å². The molecule has 0 unspecified atom stereocenters. The van der Waals surface area contributed by atoms with Gasteiger partial charge in [0.05, 0.1) is 0 Å². The van der Waals surface area contributed by atoms with E-state index in [1.54, 1.807) is 0 Å². The second-order valence-electron chi connectivity index (χ2n) is 4.39. The van der Waals surface area contributed by atoms with E-state index in [1.165, 1.54) is 11.1 Å².